The molecule has 2 aromatic carbocycles. The average Bonchev–Trinajstić information content (AvgIpc) is 2.66. The molecule has 0 unspecified atom stereocenters. The molecule has 0 bridgehead atoms. The van der Waals surface area contributed by atoms with Gasteiger partial charge in [0.05, 0.1) is 18.2 Å². The molecule has 0 aliphatic carbocycles. The van der Waals surface area contributed by atoms with Gasteiger partial charge in [-0.2, -0.15) is 0 Å². The second-order valence-electron chi connectivity index (χ2n) is 6.29. The fourth-order valence-electron chi connectivity index (χ4n) is 2.87. The minimum Gasteiger partial charge on any atom is -0.492 e. The van der Waals surface area contributed by atoms with Crippen LogP contribution in [0.2, 0.25) is 10.0 Å². The van der Waals surface area contributed by atoms with E-state index in [-0.39, 0.29) is 18.5 Å². The largest absolute Gasteiger partial charge is 0.492 e. The number of halogens is 3. The Morgan fingerprint density at radius 3 is 2.93 bits per heavy atom. The van der Waals surface area contributed by atoms with Gasteiger partial charge in [-0.25, -0.2) is 4.39 Å². The van der Waals surface area contributed by atoms with Gasteiger partial charge in [0.25, 0.3) is 0 Å². The van der Waals surface area contributed by atoms with Crippen LogP contribution in [0.1, 0.15) is 24.0 Å². The van der Waals surface area contributed by atoms with Gasteiger partial charge in [-0.1, -0.05) is 23.2 Å². The highest BCUT2D eigenvalue weighted by molar-refractivity contribution is 6.35. The molecule has 0 radical (unpaired) electrons. The number of amides is 1. The molecule has 0 saturated carbocycles. The van der Waals surface area contributed by atoms with E-state index < -0.39 is 0 Å². The van der Waals surface area contributed by atoms with Crippen molar-refractivity contribution < 1.29 is 23.4 Å². The van der Waals surface area contributed by atoms with E-state index in [4.69, 9.17) is 37.4 Å². The lowest BCUT2D eigenvalue weighted by molar-refractivity contribution is -0.121. The van der Waals surface area contributed by atoms with Crippen LogP contribution in [0.4, 0.5) is 4.39 Å². The van der Waals surface area contributed by atoms with Crippen LogP contribution in [0.25, 0.3) is 0 Å². The Kier molecular flexibility index (Phi) is 7.36. The Bertz CT molecular complexity index is 847. The number of benzene rings is 2. The summed E-state index contributed by atoms with van der Waals surface area (Å²) in [5.41, 5.74) is 1.41. The molecule has 1 aliphatic rings. The second kappa shape index (κ2) is 9.96. The van der Waals surface area contributed by atoms with Crippen LogP contribution in [-0.4, -0.2) is 25.9 Å². The van der Waals surface area contributed by atoms with Crippen LogP contribution in [0, 0.1) is 5.82 Å². The van der Waals surface area contributed by atoms with Gasteiger partial charge in [-0.15, -0.1) is 0 Å². The van der Waals surface area contributed by atoms with Crippen molar-refractivity contribution in [1.29, 1.82) is 0 Å². The van der Waals surface area contributed by atoms with Crippen molar-refractivity contribution >= 4 is 29.1 Å². The minimum absolute atomic E-state index is 0.0969. The van der Waals surface area contributed by atoms with E-state index in [2.05, 4.69) is 5.32 Å². The highest BCUT2D eigenvalue weighted by atomic mass is 35.5. The smallest absolute Gasteiger partial charge is 0.220 e. The van der Waals surface area contributed by atoms with Crippen molar-refractivity contribution in [1.82, 2.24) is 5.32 Å². The second-order valence-corrected chi connectivity index (χ2v) is 7.13. The lowest BCUT2D eigenvalue weighted by atomic mass is 10.1. The van der Waals surface area contributed by atoms with Gasteiger partial charge in [0.1, 0.15) is 17.3 Å². The molecule has 1 aliphatic heterocycles. The van der Waals surface area contributed by atoms with E-state index in [9.17, 15) is 9.18 Å². The summed E-state index contributed by atoms with van der Waals surface area (Å²) in [6.07, 6.45) is 1.33. The normalized spacial score (nSPS) is 12.8. The average molecular weight is 428 g/mol. The topological polar surface area (TPSA) is 56.8 Å². The SMILES string of the molecule is O=C(CCCOc1ccc(Cl)cc1Cl)NCCc1cc(F)cc2c1OCOC2. The zero-order valence-corrected chi connectivity index (χ0v) is 16.6. The molecule has 2 aromatic rings. The summed E-state index contributed by atoms with van der Waals surface area (Å²) in [5, 5.41) is 3.80. The summed E-state index contributed by atoms with van der Waals surface area (Å²) in [7, 11) is 0. The van der Waals surface area contributed by atoms with Gasteiger partial charge in [-0.3, -0.25) is 4.79 Å². The van der Waals surface area contributed by atoms with Gasteiger partial charge >= 0.3 is 0 Å². The zero-order chi connectivity index (χ0) is 19.9. The standard InChI is InChI=1S/C20H20Cl2FNO4/c21-15-3-4-18(17(22)10-15)27-7-1-2-19(25)24-6-5-13-8-16(23)9-14-11-26-12-28-20(13)14/h3-4,8-10H,1-2,5-7,11-12H2,(H,24,25). The fraction of sp³-hybridized carbons (Fsp3) is 0.350. The number of hydrogen-bond acceptors (Lipinski definition) is 4. The van der Waals surface area contributed by atoms with Gasteiger partial charge in [0.15, 0.2) is 6.79 Å². The Labute approximate surface area is 172 Å². The van der Waals surface area contributed by atoms with Gasteiger partial charge in [-0.05, 0) is 48.7 Å². The highest BCUT2D eigenvalue weighted by Crippen LogP contribution is 2.30. The monoisotopic (exact) mass is 427 g/mol. The van der Waals surface area contributed by atoms with Crippen LogP contribution < -0.4 is 14.8 Å². The molecular formula is C20H20Cl2FNO4. The summed E-state index contributed by atoms with van der Waals surface area (Å²) in [5.74, 6) is 0.744. The Morgan fingerprint density at radius 2 is 2.11 bits per heavy atom. The molecule has 8 heteroatoms. The highest BCUT2D eigenvalue weighted by Gasteiger charge is 2.17. The summed E-state index contributed by atoms with van der Waals surface area (Å²) in [6.45, 7) is 1.22. The van der Waals surface area contributed by atoms with Crippen LogP contribution in [0.15, 0.2) is 30.3 Å². The van der Waals surface area contributed by atoms with Crippen LogP contribution >= 0.6 is 23.2 Å². The summed E-state index contributed by atoms with van der Waals surface area (Å²) in [4.78, 5) is 12.0. The van der Waals surface area contributed by atoms with Crippen molar-refractivity contribution in [3.63, 3.8) is 0 Å². The Balaban J connectivity index is 1.39. The molecule has 1 heterocycles. The minimum atomic E-state index is -0.341. The summed E-state index contributed by atoms with van der Waals surface area (Å²) >= 11 is 11.9. The molecule has 0 aromatic heterocycles. The van der Waals surface area contributed by atoms with E-state index in [1.807, 2.05) is 0 Å². The van der Waals surface area contributed by atoms with Crippen molar-refractivity contribution in [2.24, 2.45) is 0 Å². The van der Waals surface area contributed by atoms with E-state index in [1.54, 1.807) is 18.2 Å². The molecular weight excluding hydrogens is 408 g/mol. The number of fused-ring (bicyclic) bond motifs is 1. The molecule has 28 heavy (non-hydrogen) atoms. The molecule has 3 rings (SSSR count). The van der Waals surface area contributed by atoms with Crippen molar-refractivity contribution in [2.75, 3.05) is 19.9 Å². The number of hydrogen-bond donors (Lipinski definition) is 1. The third-order valence-corrected chi connectivity index (χ3v) is 4.70. The summed E-state index contributed by atoms with van der Waals surface area (Å²) < 4.78 is 29.9. The number of ether oxygens (including phenoxy) is 3. The van der Waals surface area contributed by atoms with Gasteiger partial charge in [0.2, 0.25) is 5.91 Å². The van der Waals surface area contributed by atoms with E-state index in [0.717, 1.165) is 5.56 Å². The first-order valence-electron chi connectivity index (χ1n) is 8.89. The maximum absolute atomic E-state index is 13.7. The third kappa shape index (κ3) is 5.74. The molecule has 1 amide bonds. The third-order valence-electron chi connectivity index (χ3n) is 4.17. The Hall–Kier alpha value is -2.02. The van der Waals surface area contributed by atoms with Crippen molar-refractivity contribution in [3.05, 3.63) is 57.3 Å². The maximum atomic E-state index is 13.7. The predicted molar refractivity (Wildman–Crippen MR) is 105 cm³/mol. The zero-order valence-electron chi connectivity index (χ0n) is 15.1. The first-order chi connectivity index (χ1) is 13.5. The Morgan fingerprint density at radius 1 is 1.25 bits per heavy atom. The molecule has 0 spiro atoms. The maximum Gasteiger partial charge on any atom is 0.220 e. The van der Waals surface area contributed by atoms with E-state index >= 15 is 0 Å². The molecule has 150 valence electrons. The first kappa shape index (κ1) is 20.7. The van der Waals surface area contributed by atoms with Crippen molar-refractivity contribution in [3.8, 4) is 11.5 Å². The number of nitrogens with one attached hydrogen (secondary N) is 1. The van der Waals surface area contributed by atoms with Crippen LogP contribution in [-0.2, 0) is 22.6 Å². The predicted octanol–water partition coefficient (Wildman–Crippen LogP) is 4.52. The molecule has 1 N–H and O–H groups in total. The molecule has 0 saturated heterocycles. The molecule has 0 fully saturated rings. The van der Waals surface area contributed by atoms with Crippen LogP contribution in [0.5, 0.6) is 11.5 Å². The number of rotatable bonds is 8. The number of carbonyl (C=O) groups excluding carboxylic acids is 1. The lowest BCUT2D eigenvalue weighted by Crippen LogP contribution is -2.26. The van der Waals surface area contributed by atoms with Crippen molar-refractivity contribution in [2.45, 2.75) is 25.9 Å². The van der Waals surface area contributed by atoms with Crippen LogP contribution in [0.3, 0.4) is 0 Å². The van der Waals surface area contributed by atoms with Gasteiger partial charge < -0.3 is 19.5 Å². The first-order valence-corrected chi connectivity index (χ1v) is 9.65. The molecule has 0 atom stereocenters. The summed E-state index contributed by atoms with van der Waals surface area (Å²) in [6, 6.07) is 7.82. The molecule has 5 nitrogen and oxygen atoms in total. The van der Waals surface area contributed by atoms with E-state index in [0.29, 0.717) is 66.1 Å². The quantitative estimate of drug-likeness (QED) is 0.629. The fourth-order valence-corrected chi connectivity index (χ4v) is 3.34. The van der Waals surface area contributed by atoms with Gasteiger partial charge in [0, 0.05) is 23.6 Å². The van der Waals surface area contributed by atoms with E-state index in [1.165, 1.54) is 12.1 Å². The lowest BCUT2D eigenvalue weighted by Gasteiger charge is -2.21. The number of carbonyl (C=O) groups is 1.